The van der Waals surface area contributed by atoms with E-state index in [0.29, 0.717) is 0 Å². The molecule has 2 heterocycles. The Morgan fingerprint density at radius 3 is 2.75 bits per heavy atom. The quantitative estimate of drug-likeness (QED) is 0.800. The molecule has 1 N–H and O–H groups in total. The molecule has 1 aromatic rings. The van der Waals surface area contributed by atoms with Gasteiger partial charge in [-0.15, -0.1) is 0 Å². The van der Waals surface area contributed by atoms with Crippen LogP contribution in [0.25, 0.3) is 5.57 Å². The fourth-order valence-corrected chi connectivity index (χ4v) is 1.61. The summed E-state index contributed by atoms with van der Waals surface area (Å²) < 4.78 is 0. The zero-order chi connectivity index (χ0) is 11.5. The van der Waals surface area contributed by atoms with Crippen molar-refractivity contribution in [3.05, 3.63) is 29.9 Å². The van der Waals surface area contributed by atoms with E-state index >= 15 is 0 Å². The van der Waals surface area contributed by atoms with Crippen LogP contribution in [0.3, 0.4) is 0 Å². The predicted molar refractivity (Wildman–Crippen MR) is 59.1 cm³/mol. The van der Waals surface area contributed by atoms with Gasteiger partial charge in [0.15, 0.2) is 5.69 Å². The lowest BCUT2D eigenvalue weighted by Crippen LogP contribution is -2.23. The molecule has 0 atom stereocenters. The number of likely N-dealkylation sites (N-methyl/N-ethyl adjacent to an activating group) is 1. The Morgan fingerprint density at radius 1 is 1.44 bits per heavy atom. The van der Waals surface area contributed by atoms with Crippen LogP contribution in [-0.2, 0) is 0 Å². The van der Waals surface area contributed by atoms with Crippen molar-refractivity contribution >= 4 is 11.5 Å². The minimum Gasteiger partial charge on any atom is -0.476 e. The second-order valence-electron chi connectivity index (χ2n) is 3.83. The zero-order valence-electron chi connectivity index (χ0n) is 9.05. The van der Waals surface area contributed by atoms with Gasteiger partial charge in [0.2, 0.25) is 0 Å². The highest BCUT2D eigenvalue weighted by atomic mass is 16.4. The first kappa shape index (κ1) is 10.8. The molecule has 0 bridgehead atoms. The van der Waals surface area contributed by atoms with E-state index in [1.54, 1.807) is 0 Å². The molecular formula is C11H13N3O2. The molecule has 5 nitrogen and oxygen atoms in total. The van der Waals surface area contributed by atoms with Gasteiger partial charge in [-0.05, 0) is 19.0 Å². The molecule has 0 radical (unpaired) electrons. The number of aromatic carboxylic acids is 1. The fourth-order valence-electron chi connectivity index (χ4n) is 1.61. The lowest BCUT2D eigenvalue weighted by atomic mass is 10.1. The van der Waals surface area contributed by atoms with E-state index in [1.807, 2.05) is 0 Å². The largest absolute Gasteiger partial charge is 0.476 e. The first-order valence-electron chi connectivity index (χ1n) is 5.10. The van der Waals surface area contributed by atoms with E-state index in [2.05, 4.69) is 28.0 Å². The van der Waals surface area contributed by atoms with Crippen LogP contribution in [0.2, 0.25) is 0 Å². The van der Waals surface area contributed by atoms with Crippen molar-refractivity contribution in [2.75, 3.05) is 20.1 Å². The van der Waals surface area contributed by atoms with Crippen LogP contribution >= 0.6 is 0 Å². The summed E-state index contributed by atoms with van der Waals surface area (Å²) in [6.07, 6.45) is 5.86. The molecule has 0 saturated heterocycles. The Bertz CT molecular complexity index is 425. The Labute approximate surface area is 93.4 Å². The number of rotatable bonds is 2. The summed E-state index contributed by atoms with van der Waals surface area (Å²) in [7, 11) is 2.06. The van der Waals surface area contributed by atoms with E-state index in [-0.39, 0.29) is 5.69 Å². The molecule has 1 aliphatic heterocycles. The van der Waals surface area contributed by atoms with E-state index in [9.17, 15) is 4.79 Å². The molecule has 0 amide bonds. The van der Waals surface area contributed by atoms with Gasteiger partial charge in [-0.1, -0.05) is 6.08 Å². The molecule has 0 unspecified atom stereocenters. The van der Waals surface area contributed by atoms with Gasteiger partial charge in [-0.25, -0.2) is 9.78 Å². The standard InChI is InChI=1S/C11H13N3O2/c1-14-4-2-8(3-5-14)9-6-13-10(7-12-9)11(15)16/h2,6-7H,3-5H2,1H3,(H,15,16). The molecule has 0 aliphatic carbocycles. The van der Waals surface area contributed by atoms with Crippen molar-refractivity contribution in [2.24, 2.45) is 0 Å². The lowest BCUT2D eigenvalue weighted by Gasteiger charge is -2.21. The second kappa shape index (κ2) is 4.40. The summed E-state index contributed by atoms with van der Waals surface area (Å²) >= 11 is 0. The van der Waals surface area contributed by atoms with Crippen LogP contribution < -0.4 is 0 Å². The van der Waals surface area contributed by atoms with Gasteiger partial charge >= 0.3 is 5.97 Å². The third-order valence-electron chi connectivity index (χ3n) is 2.61. The van der Waals surface area contributed by atoms with E-state index < -0.39 is 5.97 Å². The minimum atomic E-state index is -1.04. The third-order valence-corrected chi connectivity index (χ3v) is 2.61. The van der Waals surface area contributed by atoms with Crippen LogP contribution in [0.1, 0.15) is 22.6 Å². The van der Waals surface area contributed by atoms with Gasteiger partial charge in [-0.2, -0.15) is 0 Å². The second-order valence-corrected chi connectivity index (χ2v) is 3.83. The number of hydrogen-bond donors (Lipinski definition) is 1. The molecule has 2 rings (SSSR count). The summed E-state index contributed by atoms with van der Waals surface area (Å²) in [6.45, 7) is 1.89. The van der Waals surface area contributed by atoms with E-state index in [4.69, 9.17) is 5.11 Å². The predicted octanol–water partition coefficient (Wildman–Crippen LogP) is 0.894. The highest BCUT2D eigenvalue weighted by Gasteiger charge is 2.12. The van der Waals surface area contributed by atoms with Gasteiger partial charge in [0, 0.05) is 13.1 Å². The van der Waals surface area contributed by atoms with Crippen molar-refractivity contribution in [1.29, 1.82) is 0 Å². The number of carboxylic acids is 1. The Morgan fingerprint density at radius 2 is 2.25 bits per heavy atom. The minimum absolute atomic E-state index is 0.0164. The summed E-state index contributed by atoms with van der Waals surface area (Å²) in [6, 6.07) is 0. The maximum atomic E-state index is 10.6. The molecule has 0 aromatic carbocycles. The summed E-state index contributed by atoms with van der Waals surface area (Å²) in [5.74, 6) is -1.04. The first-order chi connectivity index (χ1) is 7.66. The highest BCUT2D eigenvalue weighted by Crippen LogP contribution is 2.18. The van der Waals surface area contributed by atoms with Crippen molar-refractivity contribution in [3.8, 4) is 0 Å². The first-order valence-corrected chi connectivity index (χ1v) is 5.10. The fraction of sp³-hybridized carbons (Fsp3) is 0.364. The molecular weight excluding hydrogens is 206 g/mol. The molecule has 5 heteroatoms. The van der Waals surface area contributed by atoms with Crippen LogP contribution in [0.5, 0.6) is 0 Å². The summed E-state index contributed by atoms with van der Waals surface area (Å²) in [4.78, 5) is 20.8. The number of hydrogen-bond acceptors (Lipinski definition) is 4. The summed E-state index contributed by atoms with van der Waals surface area (Å²) in [5, 5.41) is 8.70. The van der Waals surface area contributed by atoms with Crippen LogP contribution in [-0.4, -0.2) is 46.1 Å². The topological polar surface area (TPSA) is 66.3 Å². The van der Waals surface area contributed by atoms with Crippen molar-refractivity contribution in [2.45, 2.75) is 6.42 Å². The Balaban J connectivity index is 2.19. The van der Waals surface area contributed by atoms with Crippen molar-refractivity contribution < 1.29 is 9.90 Å². The number of carbonyl (C=O) groups is 1. The van der Waals surface area contributed by atoms with E-state index in [1.165, 1.54) is 12.4 Å². The van der Waals surface area contributed by atoms with Crippen molar-refractivity contribution in [3.63, 3.8) is 0 Å². The van der Waals surface area contributed by atoms with E-state index in [0.717, 1.165) is 30.8 Å². The average molecular weight is 219 g/mol. The number of carboxylic acid groups (broad SMARTS) is 1. The number of aromatic nitrogens is 2. The van der Waals surface area contributed by atoms with Gasteiger partial charge in [0.25, 0.3) is 0 Å². The SMILES string of the molecule is CN1CC=C(c2cnc(C(=O)O)cn2)CC1. The van der Waals surface area contributed by atoms with Crippen molar-refractivity contribution in [1.82, 2.24) is 14.9 Å². The summed E-state index contributed by atoms with van der Waals surface area (Å²) in [5.41, 5.74) is 1.90. The zero-order valence-corrected chi connectivity index (χ0v) is 9.05. The van der Waals surface area contributed by atoms with Gasteiger partial charge in [-0.3, -0.25) is 4.98 Å². The lowest BCUT2D eigenvalue weighted by molar-refractivity contribution is 0.0690. The molecule has 0 saturated carbocycles. The van der Waals surface area contributed by atoms with Crippen LogP contribution in [0.4, 0.5) is 0 Å². The maximum absolute atomic E-state index is 10.6. The normalized spacial score (nSPS) is 16.9. The number of nitrogens with zero attached hydrogens (tertiary/aromatic N) is 3. The molecule has 1 aliphatic rings. The third kappa shape index (κ3) is 2.25. The maximum Gasteiger partial charge on any atom is 0.356 e. The van der Waals surface area contributed by atoms with Crippen LogP contribution in [0.15, 0.2) is 18.5 Å². The molecule has 0 fully saturated rings. The molecule has 1 aromatic heterocycles. The molecule has 16 heavy (non-hydrogen) atoms. The average Bonchev–Trinajstić information content (AvgIpc) is 2.30. The Kier molecular flexibility index (Phi) is 2.96. The Hall–Kier alpha value is -1.75. The highest BCUT2D eigenvalue weighted by molar-refractivity contribution is 5.85. The smallest absolute Gasteiger partial charge is 0.356 e. The van der Waals surface area contributed by atoms with Gasteiger partial charge < -0.3 is 10.0 Å². The van der Waals surface area contributed by atoms with Gasteiger partial charge in [0.1, 0.15) is 0 Å². The monoisotopic (exact) mass is 219 g/mol. The van der Waals surface area contributed by atoms with Gasteiger partial charge in [0.05, 0.1) is 18.1 Å². The molecule has 84 valence electrons. The van der Waals surface area contributed by atoms with Crippen LogP contribution in [0, 0.1) is 0 Å². The molecule has 0 spiro atoms.